The molecule has 108 valence electrons. The number of hydrogen-bond donors (Lipinski definition) is 1. The maximum absolute atomic E-state index is 11.1. The Balaban J connectivity index is 1.77. The van der Waals surface area contributed by atoms with Gasteiger partial charge < -0.3 is 14.5 Å². The summed E-state index contributed by atoms with van der Waals surface area (Å²) in [4.78, 5) is 12.0. The molecule has 0 unspecified atom stereocenters. The van der Waals surface area contributed by atoms with Crippen LogP contribution >= 0.6 is 27.3 Å². The van der Waals surface area contributed by atoms with E-state index >= 15 is 0 Å². The molecule has 2 aromatic heterocycles. The van der Waals surface area contributed by atoms with Gasteiger partial charge in [0.05, 0.1) is 28.2 Å². The number of rotatable bonds is 7. The summed E-state index contributed by atoms with van der Waals surface area (Å²) >= 11 is 4.92. The third kappa shape index (κ3) is 4.39. The number of hydrogen-bond acceptors (Lipinski definition) is 7. The summed E-state index contributed by atoms with van der Waals surface area (Å²) < 4.78 is 11.4. The standard InChI is InChI=1S/C12H14BrN3O3S/c1-2-18-11(17)5-6-14-7-10-15-16-12(19-10)8-3-4-9(13)20-8/h3-4,14H,2,5-7H2,1H3. The topological polar surface area (TPSA) is 77.2 Å². The molecule has 0 radical (unpaired) electrons. The summed E-state index contributed by atoms with van der Waals surface area (Å²) in [5, 5.41) is 11.0. The van der Waals surface area contributed by atoms with Gasteiger partial charge in [-0.2, -0.15) is 0 Å². The van der Waals surface area contributed by atoms with Crippen molar-refractivity contribution >= 4 is 33.2 Å². The Bertz CT molecular complexity index is 570. The first-order valence-corrected chi connectivity index (χ1v) is 7.74. The first-order chi connectivity index (χ1) is 9.69. The fraction of sp³-hybridized carbons (Fsp3) is 0.417. The van der Waals surface area contributed by atoms with Gasteiger partial charge >= 0.3 is 5.97 Å². The van der Waals surface area contributed by atoms with E-state index in [0.717, 1.165) is 8.66 Å². The molecule has 0 saturated carbocycles. The van der Waals surface area contributed by atoms with Gasteiger partial charge in [0, 0.05) is 6.54 Å². The van der Waals surface area contributed by atoms with Gasteiger partial charge in [-0.1, -0.05) is 0 Å². The second-order valence-corrected chi connectivity index (χ2v) is 6.30. The zero-order chi connectivity index (χ0) is 14.4. The fourth-order valence-corrected chi connectivity index (χ4v) is 2.78. The van der Waals surface area contributed by atoms with E-state index in [2.05, 4.69) is 31.4 Å². The molecule has 2 heterocycles. The number of carbonyl (C=O) groups is 1. The lowest BCUT2D eigenvalue weighted by Crippen LogP contribution is -2.19. The highest BCUT2D eigenvalue weighted by Crippen LogP contribution is 2.30. The van der Waals surface area contributed by atoms with Crippen molar-refractivity contribution in [3.8, 4) is 10.8 Å². The van der Waals surface area contributed by atoms with Crippen LogP contribution in [0.5, 0.6) is 0 Å². The molecule has 0 aliphatic carbocycles. The zero-order valence-electron chi connectivity index (χ0n) is 10.9. The third-order valence-electron chi connectivity index (χ3n) is 2.34. The minimum atomic E-state index is -0.213. The van der Waals surface area contributed by atoms with Crippen molar-refractivity contribution in [2.24, 2.45) is 0 Å². The second-order valence-electron chi connectivity index (χ2n) is 3.84. The molecule has 0 aromatic carbocycles. The van der Waals surface area contributed by atoms with Crippen LogP contribution in [-0.4, -0.2) is 29.3 Å². The van der Waals surface area contributed by atoms with Gasteiger partial charge in [-0.25, -0.2) is 0 Å². The van der Waals surface area contributed by atoms with E-state index in [1.165, 1.54) is 11.3 Å². The molecule has 0 spiro atoms. The largest absolute Gasteiger partial charge is 0.466 e. The monoisotopic (exact) mass is 359 g/mol. The predicted molar refractivity (Wildman–Crippen MR) is 78.3 cm³/mol. The van der Waals surface area contributed by atoms with Crippen LogP contribution in [0.1, 0.15) is 19.2 Å². The lowest BCUT2D eigenvalue weighted by Gasteiger charge is -2.01. The Morgan fingerprint density at radius 2 is 2.35 bits per heavy atom. The van der Waals surface area contributed by atoms with Gasteiger partial charge in [-0.3, -0.25) is 4.79 Å². The summed E-state index contributed by atoms with van der Waals surface area (Å²) in [6.45, 7) is 3.14. The third-order valence-corrected chi connectivity index (χ3v) is 3.95. The van der Waals surface area contributed by atoms with Crippen molar-refractivity contribution in [1.82, 2.24) is 15.5 Å². The summed E-state index contributed by atoms with van der Waals surface area (Å²) in [6, 6.07) is 3.85. The number of nitrogens with one attached hydrogen (secondary N) is 1. The molecule has 0 fully saturated rings. The first kappa shape index (κ1) is 15.1. The van der Waals surface area contributed by atoms with Gasteiger partial charge in [0.1, 0.15) is 0 Å². The Labute approximate surface area is 128 Å². The van der Waals surface area contributed by atoms with Gasteiger partial charge in [-0.15, -0.1) is 21.5 Å². The van der Waals surface area contributed by atoms with Crippen LogP contribution in [0, 0.1) is 0 Å². The van der Waals surface area contributed by atoms with Crippen molar-refractivity contribution in [1.29, 1.82) is 0 Å². The van der Waals surface area contributed by atoms with Crippen LogP contribution in [0.3, 0.4) is 0 Å². The lowest BCUT2D eigenvalue weighted by atomic mass is 10.4. The van der Waals surface area contributed by atoms with E-state index in [4.69, 9.17) is 9.15 Å². The van der Waals surface area contributed by atoms with Gasteiger partial charge in [0.15, 0.2) is 0 Å². The Hall–Kier alpha value is -1.25. The number of halogens is 1. The Morgan fingerprint density at radius 1 is 1.50 bits per heavy atom. The highest BCUT2D eigenvalue weighted by Gasteiger charge is 2.10. The molecule has 0 amide bonds. The molecule has 1 N–H and O–H groups in total. The summed E-state index contributed by atoms with van der Waals surface area (Å²) in [6.07, 6.45) is 0.326. The average Bonchev–Trinajstić information content (AvgIpc) is 3.04. The number of nitrogens with zero attached hydrogens (tertiary/aromatic N) is 2. The molecule has 0 aliphatic rings. The predicted octanol–water partition coefficient (Wildman–Crippen LogP) is 2.60. The smallest absolute Gasteiger partial charge is 0.307 e. The molecule has 20 heavy (non-hydrogen) atoms. The molecular weight excluding hydrogens is 346 g/mol. The van der Waals surface area contributed by atoms with Gasteiger partial charge in [0.25, 0.3) is 5.89 Å². The van der Waals surface area contributed by atoms with Crippen LogP contribution in [0.4, 0.5) is 0 Å². The maximum atomic E-state index is 11.1. The zero-order valence-corrected chi connectivity index (χ0v) is 13.3. The highest BCUT2D eigenvalue weighted by atomic mass is 79.9. The SMILES string of the molecule is CCOC(=O)CCNCc1nnc(-c2ccc(Br)s2)o1. The number of carbonyl (C=O) groups excluding carboxylic acids is 1. The van der Waals surface area contributed by atoms with Gasteiger partial charge in [0.2, 0.25) is 5.89 Å². The Kier molecular flexibility index (Phi) is 5.69. The van der Waals surface area contributed by atoms with Crippen molar-refractivity contribution in [2.75, 3.05) is 13.2 Å². The summed E-state index contributed by atoms with van der Waals surface area (Å²) in [7, 11) is 0. The molecule has 2 aromatic rings. The van der Waals surface area contributed by atoms with Crippen molar-refractivity contribution in [2.45, 2.75) is 19.9 Å². The van der Waals surface area contributed by atoms with Crippen molar-refractivity contribution < 1.29 is 13.9 Å². The van der Waals surface area contributed by atoms with Crippen LogP contribution < -0.4 is 5.32 Å². The average molecular weight is 360 g/mol. The molecule has 0 aliphatic heterocycles. The van der Waals surface area contributed by atoms with E-state index in [-0.39, 0.29) is 5.97 Å². The van der Waals surface area contributed by atoms with Crippen LogP contribution in [0.15, 0.2) is 20.3 Å². The Morgan fingerprint density at radius 3 is 3.05 bits per heavy atom. The second kappa shape index (κ2) is 7.51. The van der Waals surface area contributed by atoms with E-state index < -0.39 is 0 Å². The lowest BCUT2D eigenvalue weighted by molar-refractivity contribution is -0.142. The molecule has 2 rings (SSSR count). The fourth-order valence-electron chi connectivity index (χ4n) is 1.47. The normalized spacial score (nSPS) is 10.7. The summed E-state index contributed by atoms with van der Waals surface area (Å²) in [5.41, 5.74) is 0. The van der Waals surface area contributed by atoms with E-state index in [0.29, 0.717) is 37.9 Å². The maximum Gasteiger partial charge on any atom is 0.307 e. The molecular formula is C12H14BrN3O3S. The number of ether oxygens (including phenoxy) is 1. The highest BCUT2D eigenvalue weighted by molar-refractivity contribution is 9.11. The molecule has 8 heteroatoms. The quantitative estimate of drug-likeness (QED) is 0.604. The van der Waals surface area contributed by atoms with Crippen molar-refractivity contribution in [3.63, 3.8) is 0 Å². The molecule has 6 nitrogen and oxygen atoms in total. The summed E-state index contributed by atoms with van der Waals surface area (Å²) in [5.74, 6) is 0.783. The van der Waals surface area contributed by atoms with Crippen LogP contribution in [0.2, 0.25) is 0 Å². The number of esters is 1. The van der Waals surface area contributed by atoms with E-state index in [9.17, 15) is 4.79 Å². The first-order valence-electron chi connectivity index (χ1n) is 6.13. The van der Waals surface area contributed by atoms with E-state index in [1.807, 2.05) is 12.1 Å². The molecule has 0 saturated heterocycles. The minimum absolute atomic E-state index is 0.213. The van der Waals surface area contributed by atoms with Gasteiger partial charge in [-0.05, 0) is 35.0 Å². The van der Waals surface area contributed by atoms with Crippen molar-refractivity contribution in [3.05, 3.63) is 21.8 Å². The van der Waals surface area contributed by atoms with E-state index in [1.54, 1.807) is 6.92 Å². The van der Waals surface area contributed by atoms with Crippen LogP contribution in [0.25, 0.3) is 10.8 Å². The minimum Gasteiger partial charge on any atom is -0.466 e. The molecule has 0 atom stereocenters. The molecule has 0 bridgehead atoms. The number of aromatic nitrogens is 2. The number of thiophene rings is 1. The van der Waals surface area contributed by atoms with Crippen LogP contribution in [-0.2, 0) is 16.1 Å².